The second-order valence-corrected chi connectivity index (χ2v) is 12.8. The highest BCUT2D eigenvalue weighted by atomic mass is 19.3. The standard InChI is InChI=1S/C37H48F6O7/c1-7-9-10-12-26-13-16-30(32(21-26)45-6)33-22-27-14-15-28(23-31(27)48-33)46-19-17-35(38,39)49-37(42,43)50-36(40,41)18-20-47-34(44)29(11-8-2)25(5)24(3)4/h13-16,21-25,29H,7-12,17-20H2,1-6H3. The van der Waals surface area contributed by atoms with Crippen molar-refractivity contribution in [1.29, 1.82) is 0 Å². The van der Waals surface area contributed by atoms with E-state index in [0.29, 0.717) is 40.9 Å². The van der Waals surface area contributed by atoms with Crippen LogP contribution in [-0.2, 0) is 25.4 Å². The summed E-state index contributed by atoms with van der Waals surface area (Å²) >= 11 is 0. The van der Waals surface area contributed by atoms with E-state index in [1.54, 1.807) is 19.2 Å². The molecule has 7 nitrogen and oxygen atoms in total. The summed E-state index contributed by atoms with van der Waals surface area (Å²) in [5.74, 6) is -0.0710. The van der Waals surface area contributed by atoms with E-state index in [1.807, 2.05) is 45.9 Å². The Morgan fingerprint density at radius 1 is 0.840 bits per heavy atom. The smallest absolute Gasteiger partial charge is 0.494 e. The van der Waals surface area contributed by atoms with Crippen molar-refractivity contribution in [3.63, 3.8) is 0 Å². The predicted octanol–water partition coefficient (Wildman–Crippen LogP) is 11.0. The number of carbonyl (C=O) groups excluding carboxylic acids is 1. The van der Waals surface area contributed by atoms with Crippen molar-refractivity contribution in [2.45, 2.75) is 104 Å². The number of ether oxygens (including phenoxy) is 5. The van der Waals surface area contributed by atoms with Crippen LogP contribution in [0.3, 0.4) is 0 Å². The zero-order valence-corrected chi connectivity index (χ0v) is 29.5. The molecule has 2 aromatic carbocycles. The molecule has 13 heteroatoms. The third-order valence-electron chi connectivity index (χ3n) is 8.52. The van der Waals surface area contributed by atoms with Crippen LogP contribution < -0.4 is 9.47 Å². The molecular formula is C37H48F6O7. The lowest BCUT2D eigenvalue weighted by Gasteiger charge is -2.27. The first-order chi connectivity index (χ1) is 23.5. The number of carbonyl (C=O) groups is 1. The van der Waals surface area contributed by atoms with Crippen LogP contribution in [0.1, 0.15) is 85.1 Å². The first kappa shape index (κ1) is 41.0. The monoisotopic (exact) mass is 718 g/mol. The lowest BCUT2D eigenvalue weighted by molar-refractivity contribution is -0.514. The van der Waals surface area contributed by atoms with E-state index in [9.17, 15) is 31.1 Å². The summed E-state index contributed by atoms with van der Waals surface area (Å²) in [6.07, 6.45) is -12.2. The average molecular weight is 719 g/mol. The van der Waals surface area contributed by atoms with Crippen LogP contribution in [0.25, 0.3) is 22.3 Å². The van der Waals surface area contributed by atoms with Crippen LogP contribution in [0.4, 0.5) is 26.3 Å². The van der Waals surface area contributed by atoms with Crippen molar-refractivity contribution in [2.75, 3.05) is 20.3 Å². The third kappa shape index (κ3) is 12.4. The van der Waals surface area contributed by atoms with Crippen LogP contribution in [-0.4, -0.2) is 44.8 Å². The molecule has 0 fully saturated rings. The number of alkyl halides is 6. The van der Waals surface area contributed by atoms with Gasteiger partial charge >= 0.3 is 24.5 Å². The number of hydrogen-bond donors (Lipinski definition) is 0. The Labute approximate surface area is 289 Å². The van der Waals surface area contributed by atoms with Gasteiger partial charge in [0.25, 0.3) is 0 Å². The largest absolute Gasteiger partial charge is 0.496 e. The van der Waals surface area contributed by atoms with Gasteiger partial charge in [0, 0.05) is 11.5 Å². The molecule has 2 unspecified atom stereocenters. The molecule has 0 radical (unpaired) electrons. The third-order valence-corrected chi connectivity index (χ3v) is 8.52. The number of esters is 1. The normalized spacial score (nSPS) is 13.9. The van der Waals surface area contributed by atoms with E-state index >= 15 is 0 Å². The first-order valence-electron chi connectivity index (χ1n) is 17.0. The fourth-order valence-corrected chi connectivity index (χ4v) is 5.41. The summed E-state index contributed by atoms with van der Waals surface area (Å²) in [6, 6.07) is 12.2. The van der Waals surface area contributed by atoms with E-state index in [1.165, 1.54) is 12.1 Å². The van der Waals surface area contributed by atoms with Gasteiger partial charge in [0.05, 0.1) is 44.6 Å². The van der Waals surface area contributed by atoms with Gasteiger partial charge in [-0.25, -0.2) is 9.47 Å². The molecule has 0 aliphatic rings. The molecule has 0 aliphatic heterocycles. The Bertz CT molecular complexity index is 1510. The molecule has 50 heavy (non-hydrogen) atoms. The van der Waals surface area contributed by atoms with Gasteiger partial charge in [0.1, 0.15) is 22.8 Å². The summed E-state index contributed by atoms with van der Waals surface area (Å²) in [5, 5.41) is 0.688. The van der Waals surface area contributed by atoms with Gasteiger partial charge in [0.15, 0.2) is 0 Å². The predicted molar refractivity (Wildman–Crippen MR) is 177 cm³/mol. The van der Waals surface area contributed by atoms with Crippen molar-refractivity contribution in [3.8, 4) is 22.8 Å². The minimum absolute atomic E-state index is 0.0977. The van der Waals surface area contributed by atoms with Crippen molar-refractivity contribution >= 4 is 16.9 Å². The van der Waals surface area contributed by atoms with Crippen LogP contribution in [0.15, 0.2) is 46.9 Å². The number of fused-ring (bicyclic) bond motifs is 1. The molecule has 0 bridgehead atoms. The fourth-order valence-electron chi connectivity index (χ4n) is 5.41. The van der Waals surface area contributed by atoms with Crippen LogP contribution in [0, 0.1) is 17.8 Å². The Morgan fingerprint density at radius 2 is 1.52 bits per heavy atom. The lowest BCUT2D eigenvalue weighted by atomic mass is 9.82. The molecule has 0 N–H and O–H groups in total. The van der Waals surface area contributed by atoms with Crippen molar-refractivity contribution in [2.24, 2.45) is 17.8 Å². The van der Waals surface area contributed by atoms with Gasteiger partial charge in [-0.3, -0.25) is 4.79 Å². The molecule has 3 aromatic rings. The SMILES string of the molecule is CCCCCc1ccc(-c2cc3ccc(OCCC(F)(F)OC(F)(F)OC(F)(F)CCOC(=O)C(CCC)C(C)C(C)C)cc3o2)c(OC)c1. The highest BCUT2D eigenvalue weighted by Crippen LogP contribution is 2.38. The number of halogens is 6. The Balaban J connectivity index is 1.53. The van der Waals surface area contributed by atoms with Gasteiger partial charge in [-0.2, -0.15) is 17.6 Å². The van der Waals surface area contributed by atoms with Gasteiger partial charge in [0.2, 0.25) is 0 Å². The first-order valence-corrected chi connectivity index (χ1v) is 17.0. The molecule has 2 atom stereocenters. The fraction of sp³-hybridized carbons (Fsp3) is 0.595. The Morgan fingerprint density at radius 3 is 2.14 bits per heavy atom. The lowest BCUT2D eigenvalue weighted by Crippen LogP contribution is -2.41. The number of unbranched alkanes of at least 4 members (excludes halogenated alkanes) is 2. The summed E-state index contributed by atoms with van der Waals surface area (Å²) in [5.41, 5.74) is 2.22. The Kier molecular flexibility index (Phi) is 14.9. The summed E-state index contributed by atoms with van der Waals surface area (Å²) in [6.45, 7) is 7.84. The molecule has 1 heterocycles. The molecule has 3 rings (SSSR count). The topological polar surface area (TPSA) is 76.4 Å². The average Bonchev–Trinajstić information content (AvgIpc) is 3.45. The minimum atomic E-state index is -5.37. The number of benzene rings is 2. The van der Waals surface area contributed by atoms with Crippen molar-refractivity contribution < 1.29 is 59.2 Å². The molecule has 280 valence electrons. The second-order valence-electron chi connectivity index (χ2n) is 12.8. The quantitative estimate of drug-likeness (QED) is 0.0443. The molecule has 0 amide bonds. The van der Waals surface area contributed by atoms with E-state index in [0.717, 1.165) is 31.2 Å². The highest BCUT2D eigenvalue weighted by molar-refractivity contribution is 5.85. The second kappa shape index (κ2) is 18.2. The van der Waals surface area contributed by atoms with Gasteiger partial charge < -0.3 is 18.6 Å². The van der Waals surface area contributed by atoms with Gasteiger partial charge in [-0.05, 0) is 67.0 Å². The van der Waals surface area contributed by atoms with Crippen LogP contribution >= 0.6 is 0 Å². The zero-order valence-electron chi connectivity index (χ0n) is 29.5. The number of aryl methyl sites for hydroxylation is 1. The van der Waals surface area contributed by atoms with Gasteiger partial charge in [-0.15, -0.1) is 8.78 Å². The number of hydrogen-bond acceptors (Lipinski definition) is 7. The summed E-state index contributed by atoms with van der Waals surface area (Å²) in [4.78, 5) is 12.4. The van der Waals surface area contributed by atoms with Crippen molar-refractivity contribution in [1.82, 2.24) is 0 Å². The van der Waals surface area contributed by atoms with E-state index < -0.39 is 56.5 Å². The van der Waals surface area contributed by atoms with Crippen molar-refractivity contribution in [3.05, 3.63) is 48.0 Å². The highest BCUT2D eigenvalue weighted by Gasteiger charge is 2.52. The maximum atomic E-state index is 14.3. The van der Waals surface area contributed by atoms with E-state index in [-0.39, 0.29) is 17.6 Å². The summed E-state index contributed by atoms with van der Waals surface area (Å²) < 4.78 is 113. The molecule has 0 aliphatic carbocycles. The summed E-state index contributed by atoms with van der Waals surface area (Å²) in [7, 11) is 1.56. The molecule has 0 spiro atoms. The maximum Gasteiger partial charge on any atom is 0.494 e. The number of furan rings is 1. The molecule has 0 saturated carbocycles. The van der Waals surface area contributed by atoms with Crippen LogP contribution in [0.5, 0.6) is 11.5 Å². The maximum absolute atomic E-state index is 14.3. The molecular weight excluding hydrogens is 670 g/mol. The molecule has 0 saturated heterocycles. The van der Waals surface area contributed by atoms with Crippen LogP contribution in [0.2, 0.25) is 0 Å². The van der Waals surface area contributed by atoms with Gasteiger partial charge in [-0.1, -0.05) is 59.9 Å². The Hall–Kier alpha value is -3.45. The number of rotatable bonds is 22. The van der Waals surface area contributed by atoms with E-state index in [2.05, 4.69) is 16.4 Å². The zero-order chi connectivity index (χ0) is 37.1. The number of methoxy groups -OCH3 is 1. The molecule has 1 aromatic heterocycles. The minimum Gasteiger partial charge on any atom is -0.496 e. The van der Waals surface area contributed by atoms with E-state index in [4.69, 9.17) is 18.6 Å².